The highest BCUT2D eigenvalue weighted by Crippen LogP contribution is 2.29. The van der Waals surface area contributed by atoms with Crippen LogP contribution in [0.3, 0.4) is 0 Å². The van der Waals surface area contributed by atoms with Crippen molar-refractivity contribution in [3.8, 4) is 11.5 Å². The minimum absolute atomic E-state index is 0.0809. The summed E-state index contributed by atoms with van der Waals surface area (Å²) < 4.78 is 46.7. The Morgan fingerprint density at radius 1 is 1.29 bits per heavy atom. The van der Waals surface area contributed by atoms with E-state index in [0.29, 0.717) is 23.7 Å². The molecule has 1 aromatic carbocycles. The second-order valence-electron chi connectivity index (χ2n) is 4.15. The van der Waals surface area contributed by atoms with Gasteiger partial charge in [-0.2, -0.15) is 13.2 Å². The van der Waals surface area contributed by atoms with Gasteiger partial charge in [0.1, 0.15) is 0 Å². The molecule has 5 nitrogen and oxygen atoms in total. The molecule has 8 heteroatoms. The number of alkyl halides is 3. The van der Waals surface area contributed by atoms with E-state index in [-0.39, 0.29) is 18.9 Å². The quantitative estimate of drug-likeness (QED) is 0.267. The molecule has 0 amide bonds. The Morgan fingerprint density at radius 3 is 2.57 bits per heavy atom. The summed E-state index contributed by atoms with van der Waals surface area (Å²) in [6.07, 6.45) is -5.24. The number of benzene rings is 1. The first kappa shape index (κ1) is 16.9. The SMILES string of the molecule is CCOc1cc(/C(N)=N/O)ccc1OCCCC(F)(F)F. The smallest absolute Gasteiger partial charge is 0.389 e. The number of ether oxygens (including phenoxy) is 2. The molecular weight excluding hydrogens is 289 g/mol. The van der Waals surface area contributed by atoms with E-state index >= 15 is 0 Å². The molecule has 118 valence electrons. The van der Waals surface area contributed by atoms with Crippen molar-refractivity contribution in [2.75, 3.05) is 13.2 Å². The summed E-state index contributed by atoms with van der Waals surface area (Å²) in [6.45, 7) is 2.02. The maximum absolute atomic E-state index is 12.0. The summed E-state index contributed by atoms with van der Waals surface area (Å²) in [4.78, 5) is 0. The van der Waals surface area contributed by atoms with Crippen LogP contribution in [0, 0.1) is 0 Å². The van der Waals surface area contributed by atoms with Gasteiger partial charge in [0.05, 0.1) is 13.2 Å². The summed E-state index contributed by atoms with van der Waals surface area (Å²) in [5.74, 6) is 0.543. The maximum Gasteiger partial charge on any atom is 0.389 e. The second-order valence-corrected chi connectivity index (χ2v) is 4.15. The fourth-order valence-corrected chi connectivity index (χ4v) is 1.57. The number of nitrogens with two attached hydrogens (primary N) is 1. The lowest BCUT2D eigenvalue weighted by Crippen LogP contribution is -2.13. The number of hydrogen-bond acceptors (Lipinski definition) is 4. The third kappa shape index (κ3) is 5.80. The third-order valence-electron chi connectivity index (χ3n) is 2.51. The Morgan fingerprint density at radius 2 is 2.00 bits per heavy atom. The van der Waals surface area contributed by atoms with Crippen molar-refractivity contribution in [3.63, 3.8) is 0 Å². The normalized spacial score (nSPS) is 12.3. The van der Waals surface area contributed by atoms with E-state index in [1.807, 2.05) is 0 Å². The Kier molecular flexibility index (Phi) is 6.13. The van der Waals surface area contributed by atoms with Crippen LogP contribution < -0.4 is 15.2 Å². The predicted molar refractivity (Wildman–Crippen MR) is 70.9 cm³/mol. The number of hydrogen-bond donors (Lipinski definition) is 2. The molecule has 0 aliphatic heterocycles. The van der Waals surface area contributed by atoms with Crippen LogP contribution in [0.4, 0.5) is 13.2 Å². The number of halogens is 3. The summed E-state index contributed by atoms with van der Waals surface area (Å²) in [5, 5.41) is 11.5. The topological polar surface area (TPSA) is 77.1 Å². The van der Waals surface area contributed by atoms with Crippen LogP contribution in [-0.2, 0) is 0 Å². The zero-order chi connectivity index (χ0) is 15.9. The van der Waals surface area contributed by atoms with Crippen LogP contribution in [0.15, 0.2) is 23.4 Å². The van der Waals surface area contributed by atoms with Crippen molar-refractivity contribution in [2.45, 2.75) is 25.9 Å². The Bertz CT molecular complexity index is 490. The molecule has 0 atom stereocenters. The molecule has 0 saturated heterocycles. The zero-order valence-electron chi connectivity index (χ0n) is 11.5. The van der Waals surface area contributed by atoms with Crippen LogP contribution >= 0.6 is 0 Å². The standard InChI is InChI=1S/C13H17F3N2O3/c1-2-20-11-8-9(12(17)18-19)4-5-10(11)21-7-3-6-13(14,15)16/h4-5,8,19H,2-3,6-7H2,1H3,(H2,17,18). The molecule has 0 aliphatic rings. The van der Waals surface area contributed by atoms with E-state index in [2.05, 4.69) is 5.16 Å². The van der Waals surface area contributed by atoms with E-state index < -0.39 is 12.6 Å². The summed E-state index contributed by atoms with van der Waals surface area (Å²) in [7, 11) is 0. The fourth-order valence-electron chi connectivity index (χ4n) is 1.57. The fraction of sp³-hybridized carbons (Fsp3) is 0.462. The van der Waals surface area contributed by atoms with Gasteiger partial charge in [0.15, 0.2) is 17.3 Å². The second kappa shape index (κ2) is 7.61. The van der Waals surface area contributed by atoms with Gasteiger partial charge in [-0.05, 0) is 31.5 Å². The average Bonchev–Trinajstić information content (AvgIpc) is 2.43. The Balaban J connectivity index is 2.72. The van der Waals surface area contributed by atoms with Crippen LogP contribution in [0.1, 0.15) is 25.3 Å². The molecule has 0 unspecified atom stereocenters. The minimum Gasteiger partial charge on any atom is -0.490 e. The lowest BCUT2D eigenvalue weighted by molar-refractivity contribution is -0.136. The van der Waals surface area contributed by atoms with Crippen LogP contribution in [-0.4, -0.2) is 30.4 Å². The van der Waals surface area contributed by atoms with E-state index in [9.17, 15) is 13.2 Å². The summed E-state index contributed by atoms with van der Waals surface area (Å²) in [6, 6.07) is 4.53. The van der Waals surface area contributed by atoms with E-state index in [1.54, 1.807) is 6.92 Å². The van der Waals surface area contributed by atoms with E-state index in [1.165, 1.54) is 18.2 Å². The molecular formula is C13H17F3N2O3. The van der Waals surface area contributed by atoms with Gasteiger partial charge in [0.2, 0.25) is 0 Å². The first-order valence-electron chi connectivity index (χ1n) is 6.31. The van der Waals surface area contributed by atoms with E-state index in [0.717, 1.165) is 0 Å². The van der Waals surface area contributed by atoms with Gasteiger partial charge in [0, 0.05) is 12.0 Å². The molecule has 0 heterocycles. The van der Waals surface area contributed by atoms with Crippen LogP contribution in [0.5, 0.6) is 11.5 Å². The molecule has 0 radical (unpaired) electrons. The van der Waals surface area contributed by atoms with E-state index in [4.69, 9.17) is 20.4 Å². The highest BCUT2D eigenvalue weighted by Gasteiger charge is 2.26. The van der Waals surface area contributed by atoms with Gasteiger partial charge in [-0.15, -0.1) is 0 Å². The third-order valence-corrected chi connectivity index (χ3v) is 2.51. The molecule has 0 aliphatic carbocycles. The zero-order valence-corrected chi connectivity index (χ0v) is 11.5. The Hall–Kier alpha value is -2.12. The van der Waals surface area contributed by atoms with Crippen molar-refractivity contribution < 1.29 is 27.9 Å². The first-order chi connectivity index (χ1) is 9.87. The number of rotatable bonds is 7. The van der Waals surface area contributed by atoms with Gasteiger partial charge in [-0.3, -0.25) is 0 Å². The van der Waals surface area contributed by atoms with Crippen molar-refractivity contribution >= 4 is 5.84 Å². The average molecular weight is 306 g/mol. The Labute approximate surface area is 120 Å². The van der Waals surface area contributed by atoms with Gasteiger partial charge < -0.3 is 20.4 Å². The first-order valence-corrected chi connectivity index (χ1v) is 6.31. The molecule has 1 rings (SSSR count). The summed E-state index contributed by atoms with van der Waals surface area (Å²) in [5.41, 5.74) is 5.88. The summed E-state index contributed by atoms with van der Waals surface area (Å²) >= 11 is 0. The van der Waals surface area contributed by atoms with Gasteiger partial charge in [-0.25, -0.2) is 0 Å². The number of amidine groups is 1. The van der Waals surface area contributed by atoms with Crippen molar-refractivity contribution in [1.29, 1.82) is 0 Å². The highest BCUT2D eigenvalue weighted by molar-refractivity contribution is 5.97. The largest absolute Gasteiger partial charge is 0.490 e. The molecule has 21 heavy (non-hydrogen) atoms. The van der Waals surface area contributed by atoms with Crippen molar-refractivity contribution in [2.24, 2.45) is 10.9 Å². The van der Waals surface area contributed by atoms with Crippen LogP contribution in [0.25, 0.3) is 0 Å². The number of nitrogens with zero attached hydrogens (tertiary/aromatic N) is 1. The monoisotopic (exact) mass is 306 g/mol. The molecule has 0 saturated carbocycles. The molecule has 0 bridgehead atoms. The number of oxime groups is 1. The van der Waals surface area contributed by atoms with Gasteiger partial charge >= 0.3 is 6.18 Å². The van der Waals surface area contributed by atoms with Gasteiger partial charge in [-0.1, -0.05) is 5.16 Å². The molecule has 3 N–H and O–H groups in total. The van der Waals surface area contributed by atoms with Gasteiger partial charge in [0.25, 0.3) is 0 Å². The minimum atomic E-state index is -4.19. The lowest BCUT2D eigenvalue weighted by Gasteiger charge is -2.13. The molecule has 0 fully saturated rings. The lowest BCUT2D eigenvalue weighted by atomic mass is 10.2. The van der Waals surface area contributed by atoms with Crippen LogP contribution in [0.2, 0.25) is 0 Å². The predicted octanol–water partition coefficient (Wildman–Crippen LogP) is 2.90. The highest BCUT2D eigenvalue weighted by atomic mass is 19.4. The maximum atomic E-state index is 12.0. The van der Waals surface area contributed by atoms with Crippen molar-refractivity contribution in [1.82, 2.24) is 0 Å². The molecule has 1 aromatic rings. The molecule has 0 aromatic heterocycles. The van der Waals surface area contributed by atoms with Crippen molar-refractivity contribution in [3.05, 3.63) is 23.8 Å². The molecule has 0 spiro atoms.